The van der Waals surface area contributed by atoms with E-state index >= 15 is 0 Å². The van der Waals surface area contributed by atoms with Gasteiger partial charge in [-0.1, -0.05) is 18.5 Å². The molecule has 1 aromatic rings. The normalized spacial score (nSPS) is 17.9. The molecular weight excluding hydrogens is 327 g/mol. The topological polar surface area (TPSA) is 61.8 Å². The van der Waals surface area contributed by atoms with Crippen LogP contribution in [-0.4, -0.2) is 48.7 Å². The van der Waals surface area contributed by atoms with Crippen molar-refractivity contribution in [1.82, 2.24) is 10.2 Å². The molecule has 7 heteroatoms. The molecule has 2 rings (SSSR count). The Balaban J connectivity index is 0.00000242. The monoisotopic (exact) mass is 348 g/mol. The molecule has 22 heavy (non-hydrogen) atoms. The molecular formula is C15H22Cl2N2O3. The van der Waals surface area contributed by atoms with Gasteiger partial charge in [0.25, 0.3) is 5.91 Å². The molecule has 1 fully saturated rings. The summed E-state index contributed by atoms with van der Waals surface area (Å²) in [6.07, 6.45) is 2.23. The highest BCUT2D eigenvalue weighted by Gasteiger charge is 2.25. The Morgan fingerprint density at radius 2 is 2.27 bits per heavy atom. The summed E-state index contributed by atoms with van der Waals surface area (Å²) >= 11 is 5.87. The second kappa shape index (κ2) is 8.46. The number of hydrogen-bond acceptors (Lipinski definition) is 4. The highest BCUT2D eigenvalue weighted by Crippen LogP contribution is 2.34. The largest absolute Gasteiger partial charge is 0.505 e. The van der Waals surface area contributed by atoms with Gasteiger partial charge < -0.3 is 15.2 Å². The highest BCUT2D eigenvalue weighted by molar-refractivity contribution is 6.32. The predicted molar refractivity (Wildman–Crippen MR) is 89.5 cm³/mol. The number of nitrogens with one attached hydrogen (secondary N) is 1. The number of carbonyl (C=O) groups excluding carboxylic acids is 1. The second-order valence-corrected chi connectivity index (χ2v) is 5.52. The van der Waals surface area contributed by atoms with E-state index in [1.807, 2.05) is 0 Å². The number of likely N-dealkylation sites (N-methyl/N-ethyl adjacent to an activating group) is 1. The molecule has 1 aliphatic rings. The first kappa shape index (κ1) is 18.9. The number of amides is 1. The van der Waals surface area contributed by atoms with E-state index < -0.39 is 0 Å². The number of methoxy groups -OCH3 is 1. The zero-order valence-electron chi connectivity index (χ0n) is 12.8. The summed E-state index contributed by atoms with van der Waals surface area (Å²) in [5.74, 6) is -0.296. The van der Waals surface area contributed by atoms with Gasteiger partial charge in [-0.15, -0.1) is 12.4 Å². The fourth-order valence-electron chi connectivity index (χ4n) is 2.78. The molecule has 1 heterocycles. The average molecular weight is 349 g/mol. The number of carbonyl (C=O) groups is 1. The van der Waals surface area contributed by atoms with E-state index in [9.17, 15) is 9.90 Å². The number of ether oxygens (including phenoxy) is 1. The number of nitrogens with zero attached hydrogens (tertiary/aromatic N) is 1. The van der Waals surface area contributed by atoms with Crippen molar-refractivity contribution in [3.63, 3.8) is 0 Å². The van der Waals surface area contributed by atoms with Crippen molar-refractivity contribution < 1.29 is 14.6 Å². The third-order valence-corrected chi connectivity index (χ3v) is 4.25. The second-order valence-electron chi connectivity index (χ2n) is 5.11. The van der Waals surface area contributed by atoms with Crippen LogP contribution in [0.25, 0.3) is 0 Å². The van der Waals surface area contributed by atoms with Gasteiger partial charge in [0.05, 0.1) is 12.1 Å². The minimum atomic E-state index is -0.366. The molecule has 0 bridgehead atoms. The third-order valence-electron chi connectivity index (χ3n) is 3.94. The van der Waals surface area contributed by atoms with Crippen molar-refractivity contribution >= 4 is 29.9 Å². The number of likely N-dealkylation sites (tertiary alicyclic amines) is 1. The van der Waals surface area contributed by atoms with Gasteiger partial charge in [0.2, 0.25) is 0 Å². The number of aromatic hydroxyl groups is 1. The Bertz CT molecular complexity index is 526. The van der Waals surface area contributed by atoms with Crippen molar-refractivity contribution in [2.75, 3.05) is 26.7 Å². The number of benzene rings is 1. The van der Waals surface area contributed by atoms with Gasteiger partial charge in [-0.25, -0.2) is 0 Å². The lowest BCUT2D eigenvalue weighted by atomic mass is 10.1. The van der Waals surface area contributed by atoms with E-state index in [0.717, 1.165) is 25.9 Å². The first-order valence-corrected chi connectivity index (χ1v) is 7.54. The highest BCUT2D eigenvalue weighted by atomic mass is 35.5. The number of phenols is 1. The van der Waals surface area contributed by atoms with Gasteiger partial charge in [0.1, 0.15) is 11.3 Å². The maximum atomic E-state index is 12.3. The van der Waals surface area contributed by atoms with Crippen molar-refractivity contribution in [3.8, 4) is 11.5 Å². The van der Waals surface area contributed by atoms with Gasteiger partial charge in [-0.3, -0.25) is 9.69 Å². The van der Waals surface area contributed by atoms with Gasteiger partial charge in [-0.05, 0) is 38.1 Å². The van der Waals surface area contributed by atoms with Crippen LogP contribution in [0.3, 0.4) is 0 Å². The van der Waals surface area contributed by atoms with Crippen LogP contribution in [0.15, 0.2) is 12.1 Å². The number of halogens is 2. The quantitative estimate of drug-likeness (QED) is 0.858. The molecule has 0 spiro atoms. The average Bonchev–Trinajstić information content (AvgIpc) is 2.94. The molecule has 0 saturated carbocycles. The van der Waals surface area contributed by atoms with E-state index in [1.165, 1.54) is 13.2 Å². The zero-order chi connectivity index (χ0) is 15.4. The zero-order valence-corrected chi connectivity index (χ0v) is 14.3. The lowest BCUT2D eigenvalue weighted by Gasteiger charge is -2.23. The predicted octanol–water partition coefficient (Wildman–Crippen LogP) is 2.69. The molecule has 1 aromatic carbocycles. The summed E-state index contributed by atoms with van der Waals surface area (Å²) in [4.78, 5) is 14.7. The summed E-state index contributed by atoms with van der Waals surface area (Å²) in [6.45, 7) is 4.72. The molecule has 124 valence electrons. The molecule has 2 N–H and O–H groups in total. The molecule has 0 aromatic heterocycles. The molecule has 5 nitrogen and oxygen atoms in total. The van der Waals surface area contributed by atoms with Gasteiger partial charge in [0, 0.05) is 12.6 Å². The van der Waals surface area contributed by atoms with Gasteiger partial charge >= 0.3 is 0 Å². The van der Waals surface area contributed by atoms with Crippen LogP contribution in [0.5, 0.6) is 11.5 Å². The standard InChI is InChI=1S/C15H21ClN2O3.ClH/c1-3-18-8-4-5-10(18)9-17-15(20)13-12(21-2)7-6-11(16)14(13)19;/h6-7,10,19H,3-5,8-9H2,1-2H3,(H,17,20);1H. The smallest absolute Gasteiger partial charge is 0.258 e. The van der Waals surface area contributed by atoms with Crippen molar-refractivity contribution in [2.24, 2.45) is 0 Å². The summed E-state index contributed by atoms with van der Waals surface area (Å²) < 4.78 is 5.13. The van der Waals surface area contributed by atoms with Crippen LogP contribution in [0.4, 0.5) is 0 Å². The molecule has 1 amide bonds. The molecule has 1 aliphatic heterocycles. The van der Waals surface area contributed by atoms with Crippen molar-refractivity contribution in [3.05, 3.63) is 22.7 Å². The number of hydrogen-bond donors (Lipinski definition) is 2. The SMILES string of the molecule is CCN1CCCC1CNC(=O)c1c(OC)ccc(Cl)c1O.Cl. The van der Waals surface area contributed by atoms with Crippen LogP contribution >= 0.6 is 24.0 Å². The Kier molecular flexibility index (Phi) is 7.26. The van der Waals surface area contributed by atoms with E-state index in [0.29, 0.717) is 18.3 Å². The maximum Gasteiger partial charge on any atom is 0.258 e. The Labute approximate surface area is 142 Å². The molecule has 1 unspecified atom stereocenters. The molecule has 1 atom stereocenters. The Hall–Kier alpha value is -1.17. The fourth-order valence-corrected chi connectivity index (χ4v) is 2.94. The lowest BCUT2D eigenvalue weighted by molar-refractivity contribution is 0.0935. The molecule has 0 radical (unpaired) electrons. The minimum absolute atomic E-state index is 0. The van der Waals surface area contributed by atoms with E-state index in [4.69, 9.17) is 16.3 Å². The molecule has 0 aliphatic carbocycles. The minimum Gasteiger partial charge on any atom is -0.505 e. The van der Waals surface area contributed by atoms with Crippen molar-refractivity contribution in [1.29, 1.82) is 0 Å². The summed E-state index contributed by atoms with van der Waals surface area (Å²) in [7, 11) is 1.45. The van der Waals surface area contributed by atoms with Crippen LogP contribution < -0.4 is 10.1 Å². The van der Waals surface area contributed by atoms with Crippen LogP contribution in [0.1, 0.15) is 30.1 Å². The summed E-state index contributed by atoms with van der Waals surface area (Å²) in [5.41, 5.74) is 0.0889. The van der Waals surface area contributed by atoms with E-state index in [2.05, 4.69) is 17.1 Å². The van der Waals surface area contributed by atoms with Crippen molar-refractivity contribution in [2.45, 2.75) is 25.8 Å². The van der Waals surface area contributed by atoms with Crippen LogP contribution in [0, 0.1) is 0 Å². The first-order valence-electron chi connectivity index (χ1n) is 7.16. The number of rotatable bonds is 5. The first-order chi connectivity index (χ1) is 10.1. The number of phenolic OH excluding ortho intramolecular Hbond substituents is 1. The van der Waals surface area contributed by atoms with Gasteiger partial charge in [0.15, 0.2) is 5.75 Å². The molecule has 1 saturated heterocycles. The lowest BCUT2D eigenvalue weighted by Crippen LogP contribution is -2.40. The van der Waals surface area contributed by atoms with Crippen LogP contribution in [0.2, 0.25) is 5.02 Å². The summed E-state index contributed by atoms with van der Waals surface area (Å²) in [6, 6.07) is 3.43. The Morgan fingerprint density at radius 3 is 2.91 bits per heavy atom. The van der Waals surface area contributed by atoms with Crippen LogP contribution in [-0.2, 0) is 0 Å². The maximum absolute atomic E-state index is 12.3. The van der Waals surface area contributed by atoms with E-state index in [-0.39, 0.29) is 34.6 Å². The Morgan fingerprint density at radius 1 is 1.55 bits per heavy atom. The fraction of sp³-hybridized carbons (Fsp3) is 0.533. The van der Waals surface area contributed by atoms with E-state index in [1.54, 1.807) is 6.07 Å². The third kappa shape index (κ3) is 3.97. The van der Waals surface area contributed by atoms with Gasteiger partial charge in [-0.2, -0.15) is 0 Å². The summed E-state index contributed by atoms with van der Waals surface area (Å²) in [5, 5.41) is 13.0.